The van der Waals surface area contributed by atoms with Gasteiger partial charge < -0.3 is 0 Å². The Labute approximate surface area is 84.1 Å². The first-order valence-electron chi connectivity index (χ1n) is 5.03. The predicted molar refractivity (Wildman–Crippen MR) is 55.0 cm³/mol. The molecule has 0 unspecified atom stereocenters. The lowest BCUT2D eigenvalue weighted by Crippen LogP contribution is -2.41. The molecule has 1 fully saturated rings. The Kier molecular flexibility index (Phi) is 2.38. The molecule has 0 heterocycles. The van der Waals surface area contributed by atoms with Crippen molar-refractivity contribution in [3.63, 3.8) is 0 Å². The predicted octanol–water partition coefficient (Wildman–Crippen LogP) is 2.32. The summed E-state index contributed by atoms with van der Waals surface area (Å²) in [6.45, 7) is 0.237. The zero-order valence-electron chi connectivity index (χ0n) is 8.12. The minimum Gasteiger partial charge on any atom is -0.294 e. The SMILES string of the molecule is [NH]CC1(C(=O)c2ccccc2)CCC1. The van der Waals surface area contributed by atoms with Gasteiger partial charge in [-0.25, -0.2) is 0 Å². The molecule has 1 aromatic carbocycles. The summed E-state index contributed by atoms with van der Waals surface area (Å²) in [5.74, 6) is 0.166. The zero-order chi connectivity index (χ0) is 10.0. The standard InChI is InChI=1S/C12H14NO/c13-9-12(7-4-8-12)11(14)10-5-2-1-3-6-10/h1-3,5-6,13H,4,7-9H2. The number of Topliss-reactive ketones (excluding diaryl/α,β-unsaturated/α-hetero) is 1. The van der Waals surface area contributed by atoms with Crippen LogP contribution in [0.1, 0.15) is 29.6 Å². The molecule has 0 aromatic heterocycles. The van der Waals surface area contributed by atoms with Crippen LogP contribution in [-0.2, 0) is 0 Å². The van der Waals surface area contributed by atoms with Crippen molar-refractivity contribution in [1.82, 2.24) is 5.73 Å². The Bertz CT molecular complexity index is 322. The number of carbonyl (C=O) groups excluding carboxylic acids is 1. The number of rotatable bonds is 3. The number of carbonyl (C=O) groups is 1. The van der Waals surface area contributed by atoms with Gasteiger partial charge >= 0.3 is 0 Å². The van der Waals surface area contributed by atoms with Crippen LogP contribution in [0.3, 0.4) is 0 Å². The van der Waals surface area contributed by atoms with Crippen LogP contribution in [0.15, 0.2) is 30.3 Å². The molecule has 1 N–H and O–H groups in total. The molecular formula is C12H14NO. The fourth-order valence-electron chi connectivity index (χ4n) is 1.98. The van der Waals surface area contributed by atoms with Crippen LogP contribution < -0.4 is 5.73 Å². The van der Waals surface area contributed by atoms with Gasteiger partial charge in [0.25, 0.3) is 0 Å². The number of ketones is 1. The second-order valence-electron chi connectivity index (χ2n) is 4.01. The van der Waals surface area contributed by atoms with E-state index in [2.05, 4.69) is 0 Å². The van der Waals surface area contributed by atoms with E-state index in [1.807, 2.05) is 30.3 Å². The molecule has 1 saturated carbocycles. The quantitative estimate of drug-likeness (QED) is 0.671. The average Bonchev–Trinajstić information content (AvgIpc) is 2.18. The Morgan fingerprint density at radius 2 is 1.93 bits per heavy atom. The van der Waals surface area contributed by atoms with Crippen molar-refractivity contribution >= 4 is 5.78 Å². The lowest BCUT2D eigenvalue weighted by Gasteiger charge is -2.38. The molecular weight excluding hydrogens is 174 g/mol. The molecule has 0 atom stereocenters. The van der Waals surface area contributed by atoms with Crippen LogP contribution in [0, 0.1) is 5.41 Å². The first-order valence-corrected chi connectivity index (χ1v) is 5.03. The summed E-state index contributed by atoms with van der Waals surface area (Å²) in [7, 11) is 0. The normalized spacial score (nSPS) is 18.6. The van der Waals surface area contributed by atoms with Gasteiger partial charge in [0.2, 0.25) is 0 Å². The summed E-state index contributed by atoms with van der Waals surface area (Å²) in [6.07, 6.45) is 2.88. The lowest BCUT2D eigenvalue weighted by atomic mass is 9.64. The van der Waals surface area contributed by atoms with Crippen LogP contribution in [0.5, 0.6) is 0 Å². The summed E-state index contributed by atoms with van der Waals surface area (Å²) < 4.78 is 0. The third kappa shape index (κ3) is 1.36. The van der Waals surface area contributed by atoms with E-state index in [-0.39, 0.29) is 17.7 Å². The molecule has 2 nitrogen and oxygen atoms in total. The van der Waals surface area contributed by atoms with E-state index >= 15 is 0 Å². The maximum Gasteiger partial charge on any atom is 0.170 e. The van der Waals surface area contributed by atoms with Gasteiger partial charge in [0.1, 0.15) is 0 Å². The Balaban J connectivity index is 2.23. The van der Waals surface area contributed by atoms with Crippen molar-refractivity contribution in [3.05, 3.63) is 35.9 Å². The maximum absolute atomic E-state index is 12.1. The highest BCUT2D eigenvalue weighted by molar-refractivity contribution is 6.01. The largest absolute Gasteiger partial charge is 0.294 e. The van der Waals surface area contributed by atoms with Gasteiger partial charge in [0.15, 0.2) is 5.78 Å². The Morgan fingerprint density at radius 3 is 2.36 bits per heavy atom. The molecule has 1 aliphatic rings. The van der Waals surface area contributed by atoms with Crippen molar-refractivity contribution < 1.29 is 4.79 Å². The van der Waals surface area contributed by atoms with Crippen LogP contribution in [0.25, 0.3) is 0 Å². The molecule has 1 aromatic rings. The van der Waals surface area contributed by atoms with E-state index in [0.717, 1.165) is 24.8 Å². The van der Waals surface area contributed by atoms with E-state index in [4.69, 9.17) is 5.73 Å². The molecule has 0 spiro atoms. The molecule has 0 bridgehead atoms. The highest BCUT2D eigenvalue weighted by Gasteiger charge is 2.43. The molecule has 1 radical (unpaired) electrons. The Hall–Kier alpha value is -1.15. The molecule has 73 valence electrons. The van der Waals surface area contributed by atoms with Gasteiger partial charge in [-0.3, -0.25) is 10.5 Å². The van der Waals surface area contributed by atoms with Crippen molar-refractivity contribution in [2.45, 2.75) is 19.3 Å². The van der Waals surface area contributed by atoms with Crippen LogP contribution in [0.2, 0.25) is 0 Å². The van der Waals surface area contributed by atoms with E-state index < -0.39 is 0 Å². The average molecular weight is 188 g/mol. The fraction of sp³-hybridized carbons (Fsp3) is 0.417. The number of benzene rings is 1. The van der Waals surface area contributed by atoms with Gasteiger partial charge in [-0.05, 0) is 12.8 Å². The van der Waals surface area contributed by atoms with Crippen molar-refractivity contribution in [2.24, 2.45) is 5.41 Å². The molecule has 14 heavy (non-hydrogen) atoms. The molecule has 1 aliphatic carbocycles. The second-order valence-corrected chi connectivity index (χ2v) is 4.01. The first-order chi connectivity index (χ1) is 6.78. The molecule has 0 aliphatic heterocycles. The van der Waals surface area contributed by atoms with Gasteiger partial charge in [-0.2, -0.15) is 0 Å². The number of hydrogen-bond acceptors (Lipinski definition) is 1. The summed E-state index contributed by atoms with van der Waals surface area (Å²) in [6, 6.07) is 9.36. The molecule has 0 saturated heterocycles. The van der Waals surface area contributed by atoms with E-state index in [9.17, 15) is 4.79 Å². The topological polar surface area (TPSA) is 40.9 Å². The monoisotopic (exact) mass is 188 g/mol. The molecule has 2 heteroatoms. The van der Waals surface area contributed by atoms with Crippen LogP contribution >= 0.6 is 0 Å². The summed E-state index contributed by atoms with van der Waals surface area (Å²) in [5, 5.41) is 0. The van der Waals surface area contributed by atoms with Gasteiger partial charge in [0, 0.05) is 17.5 Å². The van der Waals surface area contributed by atoms with Gasteiger partial charge in [-0.15, -0.1) is 0 Å². The highest BCUT2D eigenvalue weighted by Crippen LogP contribution is 2.42. The van der Waals surface area contributed by atoms with Gasteiger partial charge in [0.05, 0.1) is 0 Å². The summed E-state index contributed by atoms with van der Waals surface area (Å²) >= 11 is 0. The van der Waals surface area contributed by atoms with Crippen molar-refractivity contribution in [1.29, 1.82) is 0 Å². The number of nitrogens with one attached hydrogen (secondary N) is 1. The fourth-order valence-corrected chi connectivity index (χ4v) is 1.98. The maximum atomic E-state index is 12.1. The van der Waals surface area contributed by atoms with E-state index in [0.29, 0.717) is 0 Å². The summed E-state index contributed by atoms with van der Waals surface area (Å²) in [4.78, 5) is 12.1. The van der Waals surface area contributed by atoms with Crippen molar-refractivity contribution in [3.8, 4) is 0 Å². The van der Waals surface area contributed by atoms with Crippen LogP contribution in [-0.4, -0.2) is 12.3 Å². The first kappa shape index (κ1) is 9.41. The second kappa shape index (κ2) is 3.54. The highest BCUT2D eigenvalue weighted by atomic mass is 16.1. The van der Waals surface area contributed by atoms with Gasteiger partial charge in [-0.1, -0.05) is 36.8 Å². The number of hydrogen-bond donors (Lipinski definition) is 0. The Morgan fingerprint density at radius 1 is 1.29 bits per heavy atom. The zero-order valence-corrected chi connectivity index (χ0v) is 8.12. The van der Waals surface area contributed by atoms with Crippen LogP contribution in [0.4, 0.5) is 0 Å². The minimum absolute atomic E-state index is 0.166. The third-order valence-corrected chi connectivity index (χ3v) is 3.17. The smallest absolute Gasteiger partial charge is 0.170 e. The van der Waals surface area contributed by atoms with Crippen molar-refractivity contribution in [2.75, 3.05) is 6.54 Å². The van der Waals surface area contributed by atoms with E-state index in [1.165, 1.54) is 0 Å². The minimum atomic E-state index is -0.346. The summed E-state index contributed by atoms with van der Waals surface area (Å²) in [5.41, 5.74) is 7.88. The third-order valence-electron chi connectivity index (χ3n) is 3.17. The lowest BCUT2D eigenvalue weighted by molar-refractivity contribution is 0.0631. The molecule has 2 rings (SSSR count). The molecule has 0 amide bonds. The van der Waals surface area contributed by atoms with E-state index in [1.54, 1.807) is 0 Å².